The summed E-state index contributed by atoms with van der Waals surface area (Å²) in [5, 5.41) is 20.0. The Morgan fingerprint density at radius 3 is 2.95 bits per heavy atom. The van der Waals surface area contributed by atoms with E-state index in [1.807, 2.05) is 0 Å². The fourth-order valence-corrected chi connectivity index (χ4v) is 2.91. The van der Waals surface area contributed by atoms with Gasteiger partial charge >= 0.3 is 0 Å². The third kappa shape index (κ3) is 3.16. The van der Waals surface area contributed by atoms with E-state index in [1.165, 1.54) is 12.1 Å². The molecule has 0 aliphatic carbocycles. The van der Waals surface area contributed by atoms with Gasteiger partial charge in [-0.05, 0) is 31.7 Å². The van der Waals surface area contributed by atoms with Crippen LogP contribution in [0.2, 0.25) is 5.02 Å². The first kappa shape index (κ1) is 14.1. The number of nitrogens with zero attached hydrogens (tertiary/aromatic N) is 2. The molecule has 2 rings (SSSR count). The molecule has 1 N–H and O–H groups in total. The van der Waals surface area contributed by atoms with Crippen molar-refractivity contribution in [1.82, 2.24) is 0 Å². The highest BCUT2D eigenvalue weighted by Crippen LogP contribution is 2.35. The minimum atomic E-state index is -0.442. The van der Waals surface area contributed by atoms with Crippen LogP contribution in [-0.4, -0.2) is 29.2 Å². The van der Waals surface area contributed by atoms with E-state index >= 15 is 0 Å². The minimum Gasteiger partial charge on any atom is -0.396 e. The van der Waals surface area contributed by atoms with Crippen LogP contribution < -0.4 is 4.90 Å². The Morgan fingerprint density at radius 2 is 2.32 bits per heavy atom. The molecule has 1 heterocycles. The molecule has 0 saturated carbocycles. The highest BCUT2D eigenvalue weighted by Gasteiger charge is 2.26. The summed E-state index contributed by atoms with van der Waals surface area (Å²) >= 11 is 6.16. The summed E-state index contributed by atoms with van der Waals surface area (Å²) in [5.41, 5.74) is 0.868. The Bertz CT molecular complexity index is 467. The van der Waals surface area contributed by atoms with Crippen molar-refractivity contribution in [3.63, 3.8) is 0 Å². The number of non-ortho nitro benzene ring substituents is 1. The predicted molar refractivity (Wildman–Crippen MR) is 74.8 cm³/mol. The molecule has 1 aromatic rings. The van der Waals surface area contributed by atoms with Gasteiger partial charge in [0.05, 0.1) is 15.6 Å². The first-order valence-corrected chi connectivity index (χ1v) is 6.82. The summed E-state index contributed by atoms with van der Waals surface area (Å²) in [6.45, 7) is 1.10. The number of benzene rings is 1. The second-order valence-corrected chi connectivity index (χ2v) is 5.16. The van der Waals surface area contributed by atoms with Gasteiger partial charge in [-0.2, -0.15) is 0 Å². The zero-order chi connectivity index (χ0) is 13.8. The van der Waals surface area contributed by atoms with Gasteiger partial charge in [-0.25, -0.2) is 0 Å². The monoisotopic (exact) mass is 284 g/mol. The van der Waals surface area contributed by atoms with Crippen molar-refractivity contribution in [2.75, 3.05) is 18.1 Å². The second-order valence-electron chi connectivity index (χ2n) is 4.75. The van der Waals surface area contributed by atoms with Crippen LogP contribution in [0, 0.1) is 10.1 Å². The summed E-state index contributed by atoms with van der Waals surface area (Å²) in [7, 11) is 0. The number of hydrogen-bond donors (Lipinski definition) is 1. The lowest BCUT2D eigenvalue weighted by atomic mass is 10.1. The predicted octanol–water partition coefficient (Wildman–Crippen LogP) is 2.99. The maximum absolute atomic E-state index is 10.7. The molecule has 5 nitrogen and oxygen atoms in total. The van der Waals surface area contributed by atoms with Crippen LogP contribution >= 0.6 is 11.6 Å². The third-order valence-corrected chi connectivity index (χ3v) is 3.83. The molecule has 1 fully saturated rings. The molecule has 0 spiro atoms. The van der Waals surface area contributed by atoms with Crippen LogP contribution in [0.1, 0.15) is 25.7 Å². The summed E-state index contributed by atoms with van der Waals surface area (Å²) < 4.78 is 0. The largest absolute Gasteiger partial charge is 0.396 e. The summed E-state index contributed by atoms with van der Waals surface area (Å²) in [4.78, 5) is 12.5. The SMILES string of the molecule is O=[N+]([O-])c1ccc(N2CCCC2CCCO)c(Cl)c1. The number of rotatable bonds is 5. The third-order valence-electron chi connectivity index (χ3n) is 3.52. The van der Waals surface area contributed by atoms with Gasteiger partial charge in [0.15, 0.2) is 0 Å². The number of nitro groups is 1. The first-order valence-electron chi connectivity index (χ1n) is 6.45. The summed E-state index contributed by atoms with van der Waals surface area (Å²) in [6.07, 6.45) is 3.85. The van der Waals surface area contributed by atoms with Crippen molar-refractivity contribution >= 4 is 23.0 Å². The van der Waals surface area contributed by atoms with Crippen LogP contribution in [0.4, 0.5) is 11.4 Å². The Kier molecular flexibility index (Phi) is 4.61. The molecule has 0 radical (unpaired) electrons. The van der Waals surface area contributed by atoms with E-state index in [1.54, 1.807) is 6.07 Å². The van der Waals surface area contributed by atoms with Gasteiger partial charge in [0, 0.05) is 31.3 Å². The quantitative estimate of drug-likeness (QED) is 0.667. The molecule has 1 aliphatic heterocycles. The summed E-state index contributed by atoms with van der Waals surface area (Å²) in [6, 6.07) is 4.98. The normalized spacial score (nSPS) is 18.8. The van der Waals surface area contributed by atoms with Crippen molar-refractivity contribution in [3.05, 3.63) is 33.3 Å². The topological polar surface area (TPSA) is 66.6 Å². The fourth-order valence-electron chi connectivity index (χ4n) is 2.62. The molecule has 1 atom stereocenters. The lowest BCUT2D eigenvalue weighted by Crippen LogP contribution is -2.29. The van der Waals surface area contributed by atoms with E-state index in [-0.39, 0.29) is 12.3 Å². The zero-order valence-corrected chi connectivity index (χ0v) is 11.3. The van der Waals surface area contributed by atoms with Crippen LogP contribution in [0.25, 0.3) is 0 Å². The molecule has 1 unspecified atom stereocenters. The van der Waals surface area contributed by atoms with Gasteiger partial charge < -0.3 is 10.0 Å². The van der Waals surface area contributed by atoms with Crippen molar-refractivity contribution in [2.24, 2.45) is 0 Å². The smallest absolute Gasteiger partial charge is 0.271 e. The molecule has 1 aromatic carbocycles. The Hall–Kier alpha value is -1.33. The van der Waals surface area contributed by atoms with Gasteiger partial charge in [0.25, 0.3) is 5.69 Å². The molecular weight excluding hydrogens is 268 g/mol. The van der Waals surface area contributed by atoms with Crippen LogP contribution in [0.15, 0.2) is 18.2 Å². The highest BCUT2D eigenvalue weighted by molar-refractivity contribution is 6.33. The molecular formula is C13H17ClN2O3. The van der Waals surface area contributed by atoms with Gasteiger partial charge in [-0.3, -0.25) is 10.1 Å². The lowest BCUT2D eigenvalue weighted by molar-refractivity contribution is -0.384. The van der Waals surface area contributed by atoms with Crippen LogP contribution in [0.5, 0.6) is 0 Å². The molecule has 0 amide bonds. The minimum absolute atomic E-state index is 0.0138. The van der Waals surface area contributed by atoms with Crippen molar-refractivity contribution < 1.29 is 10.0 Å². The molecule has 1 aliphatic rings. The van der Waals surface area contributed by atoms with Gasteiger partial charge in [0.1, 0.15) is 0 Å². The number of anilines is 1. The van der Waals surface area contributed by atoms with Crippen LogP contribution in [0.3, 0.4) is 0 Å². The fraction of sp³-hybridized carbons (Fsp3) is 0.538. The average Bonchev–Trinajstić information content (AvgIpc) is 2.84. The Balaban J connectivity index is 2.18. The van der Waals surface area contributed by atoms with E-state index < -0.39 is 4.92 Å². The summed E-state index contributed by atoms with van der Waals surface area (Å²) in [5.74, 6) is 0. The zero-order valence-electron chi connectivity index (χ0n) is 10.6. The van der Waals surface area contributed by atoms with Crippen molar-refractivity contribution in [1.29, 1.82) is 0 Å². The second kappa shape index (κ2) is 6.21. The Labute approximate surface area is 116 Å². The molecule has 19 heavy (non-hydrogen) atoms. The maximum atomic E-state index is 10.7. The van der Waals surface area contributed by atoms with E-state index in [9.17, 15) is 10.1 Å². The van der Waals surface area contributed by atoms with Gasteiger partial charge in [-0.1, -0.05) is 11.6 Å². The molecule has 1 saturated heterocycles. The standard InChI is InChI=1S/C13H17ClN2O3/c14-12-9-11(16(18)19)5-6-13(12)15-7-1-3-10(15)4-2-8-17/h5-6,9-10,17H,1-4,7-8H2. The lowest BCUT2D eigenvalue weighted by Gasteiger charge is -2.27. The number of hydrogen-bond acceptors (Lipinski definition) is 4. The number of halogens is 1. The molecule has 0 aromatic heterocycles. The number of aliphatic hydroxyl groups excluding tert-OH is 1. The maximum Gasteiger partial charge on any atom is 0.271 e. The van der Waals surface area contributed by atoms with Crippen molar-refractivity contribution in [2.45, 2.75) is 31.7 Å². The highest BCUT2D eigenvalue weighted by atomic mass is 35.5. The average molecular weight is 285 g/mol. The molecule has 6 heteroatoms. The number of aliphatic hydroxyl groups is 1. The first-order chi connectivity index (χ1) is 9.13. The van der Waals surface area contributed by atoms with E-state index in [2.05, 4.69) is 4.90 Å². The van der Waals surface area contributed by atoms with Crippen LogP contribution in [-0.2, 0) is 0 Å². The van der Waals surface area contributed by atoms with Gasteiger partial charge in [0.2, 0.25) is 0 Å². The van der Waals surface area contributed by atoms with E-state index in [0.29, 0.717) is 11.1 Å². The number of nitro benzene ring substituents is 1. The van der Waals surface area contributed by atoms with E-state index in [4.69, 9.17) is 16.7 Å². The van der Waals surface area contributed by atoms with E-state index in [0.717, 1.165) is 37.9 Å². The van der Waals surface area contributed by atoms with Gasteiger partial charge in [-0.15, -0.1) is 0 Å². The van der Waals surface area contributed by atoms with Crippen molar-refractivity contribution in [3.8, 4) is 0 Å². The molecule has 0 bridgehead atoms. The molecule has 104 valence electrons. The Morgan fingerprint density at radius 1 is 1.53 bits per heavy atom.